The van der Waals surface area contributed by atoms with Gasteiger partial charge >= 0.3 is 0 Å². The number of rotatable bonds is 4. The van der Waals surface area contributed by atoms with Crippen molar-refractivity contribution in [3.63, 3.8) is 0 Å². The van der Waals surface area contributed by atoms with Crippen LogP contribution in [0.5, 0.6) is 5.75 Å². The number of benzene rings is 3. The molecule has 160 valence electrons. The second-order valence-corrected chi connectivity index (χ2v) is 7.86. The molecule has 0 aliphatic carbocycles. The lowest BCUT2D eigenvalue weighted by atomic mass is 9.96. The largest absolute Gasteiger partial charge is 0.507 e. The van der Waals surface area contributed by atoms with Crippen LogP contribution in [-0.4, -0.2) is 37.2 Å². The van der Waals surface area contributed by atoms with Crippen molar-refractivity contribution in [1.82, 2.24) is 5.32 Å². The smallest absolute Gasteiger partial charge is 0.221 e. The zero-order chi connectivity index (χ0) is 22.0. The van der Waals surface area contributed by atoms with E-state index >= 15 is 0 Å². The average molecular weight is 440 g/mol. The first kappa shape index (κ1) is 21.2. The molecule has 3 N–H and O–H groups in total. The number of anilines is 2. The Morgan fingerprint density at radius 3 is 2.52 bits per heavy atom. The van der Waals surface area contributed by atoms with Crippen molar-refractivity contribution in [3.05, 3.63) is 65.4 Å². The van der Waals surface area contributed by atoms with E-state index in [0.29, 0.717) is 22.4 Å². The average Bonchev–Trinajstić information content (AvgIpc) is 2.77. The number of phenols is 1. The molecule has 7 heteroatoms. The van der Waals surface area contributed by atoms with E-state index in [9.17, 15) is 14.3 Å². The third kappa shape index (κ3) is 4.50. The number of nitrogens with zero attached hydrogens (tertiary/aromatic N) is 1. The van der Waals surface area contributed by atoms with E-state index in [-0.39, 0.29) is 22.2 Å². The molecule has 1 amide bonds. The molecular formula is C24H23ClFN3O2. The molecule has 1 heterocycles. The zero-order valence-electron chi connectivity index (χ0n) is 17.1. The molecule has 5 nitrogen and oxygen atoms in total. The number of piperazine rings is 1. The van der Waals surface area contributed by atoms with Crippen LogP contribution >= 0.6 is 11.6 Å². The number of aromatic hydroxyl groups is 1. The van der Waals surface area contributed by atoms with Gasteiger partial charge in [0.2, 0.25) is 5.91 Å². The lowest BCUT2D eigenvalue weighted by molar-refractivity contribution is -0.114. The number of amides is 1. The van der Waals surface area contributed by atoms with E-state index in [1.54, 1.807) is 18.2 Å². The maximum Gasteiger partial charge on any atom is 0.221 e. The van der Waals surface area contributed by atoms with E-state index in [1.807, 2.05) is 24.3 Å². The van der Waals surface area contributed by atoms with Crippen LogP contribution in [0.15, 0.2) is 54.6 Å². The molecule has 31 heavy (non-hydrogen) atoms. The number of hydrogen-bond acceptors (Lipinski definition) is 4. The van der Waals surface area contributed by atoms with Crippen LogP contribution in [0, 0.1) is 5.82 Å². The SMILES string of the molecule is CC(=O)Nc1cccc(-c2cc(F)cc(-c3cccc(N4CCNCC4)c3)c2O)c1Cl. The van der Waals surface area contributed by atoms with E-state index in [4.69, 9.17) is 11.6 Å². The van der Waals surface area contributed by atoms with Crippen LogP contribution in [0.1, 0.15) is 6.92 Å². The predicted octanol–water partition coefficient (Wildman–Crippen LogP) is 4.89. The van der Waals surface area contributed by atoms with E-state index < -0.39 is 5.82 Å². The Morgan fingerprint density at radius 2 is 1.77 bits per heavy atom. The first-order valence-corrected chi connectivity index (χ1v) is 10.5. The second-order valence-electron chi connectivity index (χ2n) is 7.49. The number of hydrogen-bond donors (Lipinski definition) is 3. The van der Waals surface area contributed by atoms with Crippen molar-refractivity contribution >= 4 is 28.9 Å². The zero-order valence-corrected chi connectivity index (χ0v) is 17.8. The second kappa shape index (κ2) is 8.96. The van der Waals surface area contributed by atoms with Gasteiger partial charge in [0, 0.05) is 55.5 Å². The van der Waals surface area contributed by atoms with Gasteiger partial charge < -0.3 is 20.6 Å². The topological polar surface area (TPSA) is 64.6 Å². The van der Waals surface area contributed by atoms with Gasteiger partial charge in [-0.05, 0) is 35.9 Å². The van der Waals surface area contributed by atoms with Crippen molar-refractivity contribution in [2.75, 3.05) is 36.4 Å². The van der Waals surface area contributed by atoms with E-state index in [2.05, 4.69) is 15.5 Å². The summed E-state index contributed by atoms with van der Waals surface area (Å²) < 4.78 is 14.6. The highest BCUT2D eigenvalue weighted by Crippen LogP contribution is 2.43. The normalized spacial score (nSPS) is 13.8. The number of halogens is 2. The highest BCUT2D eigenvalue weighted by Gasteiger charge is 2.19. The van der Waals surface area contributed by atoms with Crippen LogP contribution in [0.2, 0.25) is 5.02 Å². The minimum Gasteiger partial charge on any atom is -0.507 e. The van der Waals surface area contributed by atoms with Crippen molar-refractivity contribution in [2.45, 2.75) is 6.92 Å². The quantitative estimate of drug-likeness (QED) is 0.541. The maximum atomic E-state index is 14.6. The summed E-state index contributed by atoms with van der Waals surface area (Å²) in [5.74, 6) is -0.829. The number of phenolic OH excluding ortho intramolecular Hbond substituents is 1. The van der Waals surface area contributed by atoms with Crippen LogP contribution in [0.3, 0.4) is 0 Å². The summed E-state index contributed by atoms with van der Waals surface area (Å²) in [6, 6.07) is 15.3. The number of carbonyl (C=O) groups is 1. The van der Waals surface area contributed by atoms with Crippen molar-refractivity contribution in [3.8, 4) is 28.0 Å². The van der Waals surface area contributed by atoms with Gasteiger partial charge in [-0.25, -0.2) is 4.39 Å². The van der Waals surface area contributed by atoms with Crippen molar-refractivity contribution in [2.24, 2.45) is 0 Å². The fourth-order valence-electron chi connectivity index (χ4n) is 3.84. The summed E-state index contributed by atoms with van der Waals surface area (Å²) in [5, 5.41) is 17.3. The summed E-state index contributed by atoms with van der Waals surface area (Å²) in [6.45, 7) is 4.96. The summed E-state index contributed by atoms with van der Waals surface area (Å²) in [7, 11) is 0. The Morgan fingerprint density at radius 1 is 1.06 bits per heavy atom. The Bertz CT molecular complexity index is 1130. The monoisotopic (exact) mass is 439 g/mol. The van der Waals surface area contributed by atoms with Gasteiger partial charge in [-0.15, -0.1) is 0 Å². The van der Waals surface area contributed by atoms with Crippen LogP contribution in [0.25, 0.3) is 22.3 Å². The third-order valence-electron chi connectivity index (χ3n) is 5.31. The van der Waals surface area contributed by atoms with Gasteiger partial charge in [0.15, 0.2) is 0 Å². The lowest BCUT2D eigenvalue weighted by Gasteiger charge is -2.29. The van der Waals surface area contributed by atoms with E-state index in [0.717, 1.165) is 31.9 Å². The molecule has 0 spiro atoms. The molecule has 0 bridgehead atoms. The third-order valence-corrected chi connectivity index (χ3v) is 5.72. The first-order chi connectivity index (χ1) is 14.9. The lowest BCUT2D eigenvalue weighted by Crippen LogP contribution is -2.43. The van der Waals surface area contributed by atoms with Gasteiger partial charge in [-0.3, -0.25) is 4.79 Å². The summed E-state index contributed by atoms with van der Waals surface area (Å²) in [6.07, 6.45) is 0. The Balaban J connectivity index is 1.79. The van der Waals surface area contributed by atoms with Crippen molar-refractivity contribution in [1.29, 1.82) is 0 Å². The molecule has 4 rings (SSSR count). The molecule has 0 unspecified atom stereocenters. The molecule has 1 aliphatic heterocycles. The molecule has 1 saturated heterocycles. The van der Waals surface area contributed by atoms with Gasteiger partial charge in [0.25, 0.3) is 0 Å². The molecule has 0 aromatic heterocycles. The first-order valence-electron chi connectivity index (χ1n) is 10.1. The molecule has 1 aliphatic rings. The van der Waals surface area contributed by atoms with Gasteiger partial charge in [-0.1, -0.05) is 35.9 Å². The number of carbonyl (C=O) groups excluding carboxylic acids is 1. The predicted molar refractivity (Wildman–Crippen MR) is 123 cm³/mol. The summed E-state index contributed by atoms with van der Waals surface area (Å²) in [5.41, 5.74) is 3.22. The van der Waals surface area contributed by atoms with Crippen LogP contribution < -0.4 is 15.5 Å². The Labute approximate surface area is 185 Å². The molecule has 3 aromatic carbocycles. The molecule has 0 saturated carbocycles. The minimum atomic E-state index is -0.489. The Kier molecular flexibility index (Phi) is 6.11. The highest BCUT2D eigenvalue weighted by molar-refractivity contribution is 6.36. The fraction of sp³-hybridized carbons (Fsp3) is 0.208. The van der Waals surface area contributed by atoms with Crippen LogP contribution in [-0.2, 0) is 4.79 Å². The molecule has 0 atom stereocenters. The van der Waals surface area contributed by atoms with Crippen LogP contribution in [0.4, 0.5) is 15.8 Å². The Hall–Kier alpha value is -3.09. The van der Waals surface area contributed by atoms with Crippen molar-refractivity contribution < 1.29 is 14.3 Å². The molecule has 3 aromatic rings. The molecule has 0 radical (unpaired) electrons. The van der Waals surface area contributed by atoms with Gasteiger partial charge in [0.05, 0.1) is 10.7 Å². The van der Waals surface area contributed by atoms with E-state index in [1.165, 1.54) is 19.1 Å². The van der Waals surface area contributed by atoms with Gasteiger partial charge in [-0.2, -0.15) is 0 Å². The highest BCUT2D eigenvalue weighted by atomic mass is 35.5. The summed E-state index contributed by atoms with van der Waals surface area (Å²) in [4.78, 5) is 13.7. The van der Waals surface area contributed by atoms with Gasteiger partial charge in [0.1, 0.15) is 11.6 Å². The minimum absolute atomic E-state index is 0.0688. The maximum absolute atomic E-state index is 14.6. The standard InChI is InChI=1S/C24H23ClFN3O2/c1-15(30)28-22-7-3-6-19(23(22)25)21-14-17(26)13-20(24(21)31)16-4-2-5-18(12-16)29-10-8-27-9-11-29/h2-7,12-14,27,31H,8-11H2,1H3,(H,28,30). The summed E-state index contributed by atoms with van der Waals surface area (Å²) >= 11 is 6.48. The number of nitrogens with one attached hydrogen (secondary N) is 2. The fourth-order valence-corrected chi connectivity index (χ4v) is 4.12. The molecular weight excluding hydrogens is 417 g/mol. The molecule has 1 fully saturated rings.